The molecule has 130 valence electrons. The number of benzene rings is 1. The van der Waals surface area contributed by atoms with Gasteiger partial charge in [-0.05, 0) is 25.3 Å². The Morgan fingerprint density at radius 2 is 2.20 bits per heavy atom. The maximum absolute atomic E-state index is 5.56. The smallest absolute Gasteiger partial charge is 0.255 e. The van der Waals surface area contributed by atoms with Gasteiger partial charge in [0.05, 0.1) is 6.54 Å². The zero-order chi connectivity index (χ0) is 17.1. The molecule has 1 saturated heterocycles. The van der Waals surface area contributed by atoms with E-state index in [2.05, 4.69) is 39.5 Å². The fourth-order valence-corrected chi connectivity index (χ4v) is 3.84. The highest BCUT2D eigenvalue weighted by Gasteiger charge is 2.23. The normalized spacial score (nSPS) is 17.2. The van der Waals surface area contributed by atoms with Gasteiger partial charge >= 0.3 is 0 Å². The number of hydrogen-bond donors (Lipinski definition) is 1. The van der Waals surface area contributed by atoms with Gasteiger partial charge in [-0.15, -0.1) is 11.3 Å². The van der Waals surface area contributed by atoms with Crippen molar-refractivity contribution >= 4 is 11.3 Å². The molecule has 2 aromatic heterocycles. The Morgan fingerprint density at radius 1 is 1.28 bits per heavy atom. The van der Waals surface area contributed by atoms with Crippen molar-refractivity contribution in [1.29, 1.82) is 0 Å². The van der Waals surface area contributed by atoms with Gasteiger partial charge in [-0.2, -0.15) is 4.98 Å². The number of aromatic nitrogens is 3. The molecule has 1 fully saturated rings. The van der Waals surface area contributed by atoms with Crippen LogP contribution >= 0.6 is 11.3 Å². The van der Waals surface area contributed by atoms with Gasteiger partial charge in [0, 0.05) is 29.8 Å². The number of hydrogen-bond acceptors (Lipinski definition) is 7. The Kier molecular flexibility index (Phi) is 4.87. The number of nitrogens with zero attached hydrogens (tertiary/aromatic N) is 3. The lowest BCUT2D eigenvalue weighted by Gasteiger charge is -2.01. The van der Waals surface area contributed by atoms with Crippen molar-refractivity contribution in [2.24, 2.45) is 0 Å². The molecule has 0 unspecified atom stereocenters. The van der Waals surface area contributed by atoms with Crippen LogP contribution in [0.15, 0.2) is 35.0 Å². The van der Waals surface area contributed by atoms with Crippen molar-refractivity contribution in [2.75, 3.05) is 6.61 Å². The number of nitrogens with one attached hydrogen (secondary N) is 1. The van der Waals surface area contributed by atoms with Crippen LogP contribution in [0.2, 0.25) is 0 Å². The van der Waals surface area contributed by atoms with Crippen LogP contribution in [-0.4, -0.2) is 21.7 Å². The van der Waals surface area contributed by atoms with Gasteiger partial charge < -0.3 is 14.6 Å². The summed E-state index contributed by atoms with van der Waals surface area (Å²) in [5, 5.41) is 8.41. The highest BCUT2D eigenvalue weighted by molar-refractivity contribution is 7.15. The topological polar surface area (TPSA) is 73.1 Å². The lowest BCUT2D eigenvalue weighted by atomic mass is 10.1. The molecule has 0 radical (unpaired) electrons. The molecule has 4 rings (SSSR count). The first-order valence-corrected chi connectivity index (χ1v) is 9.27. The molecule has 3 heterocycles. The Morgan fingerprint density at radius 3 is 3.04 bits per heavy atom. The van der Waals surface area contributed by atoms with Crippen LogP contribution < -0.4 is 5.32 Å². The van der Waals surface area contributed by atoms with E-state index in [0.717, 1.165) is 31.0 Å². The first-order valence-electron chi connectivity index (χ1n) is 8.45. The summed E-state index contributed by atoms with van der Waals surface area (Å²) in [5.74, 6) is 1.25. The van der Waals surface area contributed by atoms with Crippen LogP contribution in [0.25, 0.3) is 10.6 Å². The van der Waals surface area contributed by atoms with Crippen molar-refractivity contribution in [2.45, 2.75) is 39.0 Å². The van der Waals surface area contributed by atoms with Crippen LogP contribution in [0.4, 0.5) is 0 Å². The van der Waals surface area contributed by atoms with Crippen LogP contribution in [0.3, 0.4) is 0 Å². The minimum Gasteiger partial charge on any atom is -0.368 e. The SMILES string of the molecule is Cc1ccccc1-c1ncc(CNCc2noc([C@H]3CCCO3)n2)s1. The van der Waals surface area contributed by atoms with Crippen LogP contribution in [0.1, 0.15) is 41.1 Å². The van der Waals surface area contributed by atoms with Crippen LogP contribution in [-0.2, 0) is 17.8 Å². The summed E-state index contributed by atoms with van der Waals surface area (Å²) < 4.78 is 10.8. The van der Waals surface area contributed by atoms with Crippen LogP contribution in [0, 0.1) is 6.92 Å². The maximum Gasteiger partial charge on any atom is 0.255 e. The molecule has 0 bridgehead atoms. The van der Waals surface area contributed by atoms with E-state index in [0.29, 0.717) is 18.3 Å². The van der Waals surface area contributed by atoms with Crippen LogP contribution in [0.5, 0.6) is 0 Å². The summed E-state index contributed by atoms with van der Waals surface area (Å²) in [6, 6.07) is 8.31. The van der Waals surface area contributed by atoms with Gasteiger partial charge in [-0.3, -0.25) is 0 Å². The Balaban J connectivity index is 1.33. The second kappa shape index (κ2) is 7.43. The molecule has 0 aliphatic carbocycles. The molecule has 1 aliphatic heterocycles. The van der Waals surface area contributed by atoms with E-state index in [4.69, 9.17) is 9.26 Å². The molecule has 1 aromatic carbocycles. The van der Waals surface area contributed by atoms with Gasteiger partial charge in [-0.1, -0.05) is 29.4 Å². The molecule has 1 aliphatic rings. The zero-order valence-electron chi connectivity index (χ0n) is 14.1. The van der Waals surface area contributed by atoms with Gasteiger partial charge in [-0.25, -0.2) is 4.98 Å². The monoisotopic (exact) mass is 356 g/mol. The fraction of sp³-hybridized carbons (Fsp3) is 0.389. The van der Waals surface area contributed by atoms with Gasteiger partial charge in [0.2, 0.25) is 0 Å². The third-order valence-electron chi connectivity index (χ3n) is 4.20. The Bertz CT molecular complexity index is 839. The fourth-order valence-electron chi connectivity index (χ4n) is 2.87. The summed E-state index contributed by atoms with van der Waals surface area (Å²) in [4.78, 5) is 10.1. The molecule has 25 heavy (non-hydrogen) atoms. The first kappa shape index (κ1) is 16.4. The van der Waals surface area contributed by atoms with E-state index in [9.17, 15) is 0 Å². The van der Waals surface area contributed by atoms with Gasteiger partial charge in [0.1, 0.15) is 11.1 Å². The van der Waals surface area contributed by atoms with Crippen molar-refractivity contribution in [1.82, 2.24) is 20.4 Å². The predicted molar refractivity (Wildman–Crippen MR) is 95.1 cm³/mol. The first-order chi connectivity index (χ1) is 12.3. The minimum absolute atomic E-state index is 0.0283. The highest BCUT2D eigenvalue weighted by Crippen LogP contribution is 2.28. The molecule has 7 heteroatoms. The molecule has 0 amide bonds. The second-order valence-corrected chi connectivity index (χ2v) is 7.22. The third-order valence-corrected chi connectivity index (χ3v) is 5.23. The summed E-state index contributed by atoms with van der Waals surface area (Å²) in [6.07, 6.45) is 3.90. The lowest BCUT2D eigenvalue weighted by Crippen LogP contribution is -2.13. The highest BCUT2D eigenvalue weighted by atomic mass is 32.1. The maximum atomic E-state index is 5.56. The van der Waals surface area contributed by atoms with Crippen molar-refractivity contribution in [3.63, 3.8) is 0 Å². The third kappa shape index (κ3) is 3.78. The molecule has 0 spiro atoms. The Hall–Kier alpha value is -2.09. The van der Waals surface area contributed by atoms with Gasteiger partial charge in [0.15, 0.2) is 5.82 Å². The molecule has 1 N–H and O–H groups in total. The molecule has 0 saturated carbocycles. The summed E-state index contributed by atoms with van der Waals surface area (Å²) in [6.45, 7) is 4.17. The van der Waals surface area contributed by atoms with E-state index in [-0.39, 0.29) is 6.10 Å². The van der Waals surface area contributed by atoms with E-state index in [1.54, 1.807) is 11.3 Å². The van der Waals surface area contributed by atoms with Gasteiger partial charge in [0.25, 0.3) is 5.89 Å². The quantitative estimate of drug-likeness (QED) is 0.727. The largest absolute Gasteiger partial charge is 0.368 e. The Labute approximate surface area is 150 Å². The number of ether oxygens (including phenoxy) is 1. The summed E-state index contributed by atoms with van der Waals surface area (Å²) in [7, 11) is 0. The number of rotatable bonds is 6. The van der Waals surface area contributed by atoms with Crippen molar-refractivity contribution < 1.29 is 9.26 Å². The molecule has 1 atom stereocenters. The summed E-state index contributed by atoms with van der Waals surface area (Å²) >= 11 is 1.70. The predicted octanol–water partition coefficient (Wildman–Crippen LogP) is 3.64. The van der Waals surface area contributed by atoms with Crippen molar-refractivity contribution in [3.8, 4) is 10.6 Å². The summed E-state index contributed by atoms with van der Waals surface area (Å²) in [5.41, 5.74) is 2.43. The van der Waals surface area contributed by atoms with E-state index >= 15 is 0 Å². The van der Waals surface area contributed by atoms with E-state index in [1.165, 1.54) is 16.0 Å². The average Bonchev–Trinajstić information content (AvgIpc) is 3.37. The van der Waals surface area contributed by atoms with E-state index < -0.39 is 0 Å². The standard InChI is InChI=1S/C18H20N4O2S/c1-12-5-2-3-6-14(12)18-20-10-13(25-18)9-19-11-16-21-17(24-22-16)15-7-4-8-23-15/h2-3,5-6,10,15,19H,4,7-9,11H2,1H3/t15-/m1/s1. The number of aryl methyl sites for hydroxylation is 1. The van der Waals surface area contributed by atoms with Crippen molar-refractivity contribution in [3.05, 3.63) is 52.6 Å². The van der Waals surface area contributed by atoms with E-state index in [1.807, 2.05) is 18.3 Å². The second-order valence-electron chi connectivity index (χ2n) is 6.10. The lowest BCUT2D eigenvalue weighted by molar-refractivity contribution is 0.0835. The average molecular weight is 356 g/mol. The zero-order valence-corrected chi connectivity index (χ0v) is 14.9. The molecule has 6 nitrogen and oxygen atoms in total. The molecular formula is C18H20N4O2S. The molecule has 3 aromatic rings. The molecular weight excluding hydrogens is 336 g/mol. The minimum atomic E-state index is -0.0283. The number of thiazole rings is 1.